The average molecular weight is 737 g/mol. The normalized spacial score (nSPS) is 18.0. The lowest BCUT2D eigenvalue weighted by Gasteiger charge is -2.46. The second kappa shape index (κ2) is 14.5. The largest absolute Gasteiger partial charge is 0.481 e. The molecule has 278 valence electrons. The van der Waals surface area contributed by atoms with E-state index in [0.29, 0.717) is 18.2 Å². The van der Waals surface area contributed by atoms with Crippen LogP contribution in [0.3, 0.4) is 0 Å². The molecule has 0 radical (unpaired) electrons. The van der Waals surface area contributed by atoms with Crippen LogP contribution < -0.4 is 15.5 Å². The molecule has 0 unspecified atom stereocenters. The number of halogens is 9. The van der Waals surface area contributed by atoms with Crippen LogP contribution in [0.2, 0.25) is 0 Å². The van der Waals surface area contributed by atoms with Gasteiger partial charge in [-0.3, -0.25) is 9.69 Å². The molecule has 1 amide bonds. The number of ether oxygens (including phenoxy) is 1. The van der Waals surface area contributed by atoms with Crippen molar-refractivity contribution in [2.45, 2.75) is 75.6 Å². The van der Waals surface area contributed by atoms with Gasteiger partial charge >= 0.3 is 30.6 Å². The van der Waals surface area contributed by atoms with Crippen molar-refractivity contribution in [3.8, 4) is 0 Å². The Hall–Kier alpha value is -4.68. The standard InChI is InChI=1S/C32H33F9N6O4/c1-4-29(42)15-20(26-22(8-9-24(45-26)32(39,40)41)47(29)28(50)51-10-6-5-7-25(48)49)27-43-16-23(46(2)3)21(44-27)13-17-11-18(30(33,34)35)14-19(12-17)31(36,37)38/h8-9,11-12,14,16,20H,4-7,10,13,15,42H2,1-3H3,(H,48,49)/t20-,29+/m0/s1. The van der Waals surface area contributed by atoms with Crippen molar-refractivity contribution in [1.29, 1.82) is 0 Å². The smallest absolute Gasteiger partial charge is 0.433 e. The Morgan fingerprint density at radius 2 is 1.61 bits per heavy atom. The van der Waals surface area contributed by atoms with Crippen molar-refractivity contribution in [3.05, 3.63) is 76.1 Å². The zero-order chi connectivity index (χ0) is 38.1. The van der Waals surface area contributed by atoms with Gasteiger partial charge in [-0.05, 0) is 61.6 Å². The number of carbonyl (C=O) groups excluding carboxylic acids is 1. The number of alkyl halides is 9. The van der Waals surface area contributed by atoms with Crippen LogP contribution in [-0.4, -0.2) is 58.5 Å². The predicted molar refractivity (Wildman–Crippen MR) is 164 cm³/mol. The number of hydrogen-bond acceptors (Lipinski definition) is 8. The number of hydrogen-bond donors (Lipinski definition) is 2. The molecule has 3 N–H and O–H groups in total. The van der Waals surface area contributed by atoms with Crippen molar-refractivity contribution < 1.29 is 58.9 Å². The van der Waals surface area contributed by atoms with Crippen LogP contribution in [0, 0.1) is 0 Å². The summed E-state index contributed by atoms with van der Waals surface area (Å²) >= 11 is 0. The van der Waals surface area contributed by atoms with Crippen molar-refractivity contribution >= 4 is 23.4 Å². The predicted octanol–water partition coefficient (Wildman–Crippen LogP) is 7.38. The molecule has 2 atom stereocenters. The Labute approximate surface area is 285 Å². The van der Waals surface area contributed by atoms with E-state index in [1.54, 1.807) is 6.92 Å². The Balaban J connectivity index is 1.84. The van der Waals surface area contributed by atoms with Gasteiger partial charge < -0.3 is 20.5 Å². The molecule has 19 heteroatoms. The SMILES string of the molecule is CC[C@]1(N)C[C@H](c2ncc(N(C)C)c(Cc3cc(C(F)(F)F)cc(C(F)(F)F)c3)n2)c2nc(C(F)(F)F)ccc2N1C(=O)OCCCCC(=O)O. The summed E-state index contributed by atoms with van der Waals surface area (Å²) in [7, 11) is 3.05. The first-order chi connectivity index (χ1) is 23.5. The summed E-state index contributed by atoms with van der Waals surface area (Å²) < 4.78 is 129. The van der Waals surface area contributed by atoms with E-state index in [2.05, 4.69) is 15.0 Å². The topological polar surface area (TPSA) is 135 Å². The highest BCUT2D eigenvalue weighted by Crippen LogP contribution is 2.46. The van der Waals surface area contributed by atoms with Gasteiger partial charge in [0.2, 0.25) is 0 Å². The summed E-state index contributed by atoms with van der Waals surface area (Å²) in [5.41, 5.74) is -0.0817. The number of pyridine rings is 1. The highest BCUT2D eigenvalue weighted by molar-refractivity contribution is 5.91. The molecular weight excluding hydrogens is 703 g/mol. The zero-order valence-corrected chi connectivity index (χ0v) is 27.4. The van der Waals surface area contributed by atoms with E-state index >= 15 is 0 Å². The molecule has 1 aliphatic rings. The van der Waals surface area contributed by atoms with E-state index in [1.165, 1.54) is 25.2 Å². The molecule has 0 bridgehead atoms. The zero-order valence-electron chi connectivity index (χ0n) is 27.4. The van der Waals surface area contributed by atoms with E-state index in [4.69, 9.17) is 15.6 Å². The molecule has 51 heavy (non-hydrogen) atoms. The third-order valence-electron chi connectivity index (χ3n) is 8.25. The number of carbonyl (C=O) groups is 2. The molecular formula is C32H33F9N6O4. The number of rotatable bonds is 10. The fourth-order valence-electron chi connectivity index (χ4n) is 5.66. The Kier molecular flexibility index (Phi) is 11.1. The molecule has 1 aromatic carbocycles. The van der Waals surface area contributed by atoms with Crippen LogP contribution in [0.1, 0.15) is 84.5 Å². The van der Waals surface area contributed by atoms with Crippen molar-refractivity contribution in [2.75, 3.05) is 30.5 Å². The maximum absolute atomic E-state index is 13.9. The minimum atomic E-state index is -5.11. The third kappa shape index (κ3) is 8.98. The van der Waals surface area contributed by atoms with Gasteiger partial charge in [0.15, 0.2) is 0 Å². The first kappa shape index (κ1) is 39.1. The van der Waals surface area contributed by atoms with E-state index in [0.717, 1.165) is 11.0 Å². The van der Waals surface area contributed by atoms with Crippen molar-refractivity contribution in [2.24, 2.45) is 5.73 Å². The van der Waals surface area contributed by atoms with E-state index in [9.17, 15) is 49.1 Å². The number of amides is 1. The Bertz CT molecular complexity index is 1730. The highest BCUT2D eigenvalue weighted by Gasteiger charge is 2.48. The number of unbranched alkanes of at least 4 members (excludes halogenated alkanes) is 1. The number of benzene rings is 1. The molecule has 0 saturated heterocycles. The van der Waals surface area contributed by atoms with Gasteiger partial charge in [0.05, 0.1) is 52.6 Å². The first-order valence-corrected chi connectivity index (χ1v) is 15.4. The second-order valence-electron chi connectivity index (χ2n) is 12.2. The second-order valence-corrected chi connectivity index (χ2v) is 12.2. The maximum Gasteiger partial charge on any atom is 0.433 e. The van der Waals surface area contributed by atoms with Gasteiger partial charge in [0.1, 0.15) is 17.2 Å². The lowest BCUT2D eigenvalue weighted by Crippen LogP contribution is -2.62. The fraction of sp³-hybridized carbons (Fsp3) is 0.469. The molecule has 0 saturated carbocycles. The van der Waals surface area contributed by atoms with Gasteiger partial charge in [-0.1, -0.05) is 6.92 Å². The number of carboxylic acids is 1. The van der Waals surface area contributed by atoms with Crippen LogP contribution in [0.4, 0.5) is 55.7 Å². The van der Waals surface area contributed by atoms with E-state index < -0.39 is 71.0 Å². The third-order valence-corrected chi connectivity index (χ3v) is 8.25. The molecule has 2 aromatic heterocycles. The van der Waals surface area contributed by atoms with Crippen LogP contribution in [0.15, 0.2) is 36.5 Å². The number of fused-ring (bicyclic) bond motifs is 1. The number of anilines is 2. The lowest BCUT2D eigenvalue weighted by molar-refractivity contribution is -0.143. The Morgan fingerprint density at radius 1 is 0.980 bits per heavy atom. The van der Waals surface area contributed by atoms with Gasteiger partial charge in [-0.25, -0.2) is 19.7 Å². The molecule has 3 heterocycles. The number of carboxylic acid groups (broad SMARTS) is 1. The molecule has 10 nitrogen and oxygen atoms in total. The van der Waals surface area contributed by atoms with Gasteiger partial charge in [-0.15, -0.1) is 0 Å². The molecule has 1 aliphatic heterocycles. The quantitative estimate of drug-likeness (QED) is 0.162. The van der Waals surface area contributed by atoms with Gasteiger partial charge in [-0.2, -0.15) is 39.5 Å². The summed E-state index contributed by atoms with van der Waals surface area (Å²) in [6.07, 6.45) is -15.7. The van der Waals surface area contributed by atoms with Crippen LogP contribution in [0.5, 0.6) is 0 Å². The van der Waals surface area contributed by atoms with E-state index in [-0.39, 0.29) is 73.4 Å². The van der Waals surface area contributed by atoms with E-state index in [1.807, 2.05) is 0 Å². The molecule has 3 aromatic rings. The Morgan fingerprint density at radius 3 is 2.14 bits per heavy atom. The minimum absolute atomic E-state index is 0.0109. The summed E-state index contributed by atoms with van der Waals surface area (Å²) in [5.74, 6) is -2.49. The number of aliphatic carboxylic acids is 1. The molecule has 4 rings (SSSR count). The van der Waals surface area contributed by atoms with Crippen LogP contribution >= 0.6 is 0 Å². The average Bonchev–Trinajstić information content (AvgIpc) is 3.02. The summed E-state index contributed by atoms with van der Waals surface area (Å²) in [6.45, 7) is 1.37. The van der Waals surface area contributed by atoms with Gasteiger partial charge in [0, 0.05) is 26.9 Å². The first-order valence-electron chi connectivity index (χ1n) is 15.4. The number of nitrogens with two attached hydrogens (primary N) is 1. The summed E-state index contributed by atoms with van der Waals surface area (Å²) in [6, 6.07) is 2.71. The molecule has 0 spiro atoms. The molecule has 0 aliphatic carbocycles. The summed E-state index contributed by atoms with van der Waals surface area (Å²) in [4.78, 5) is 39.2. The monoisotopic (exact) mass is 736 g/mol. The number of aromatic nitrogens is 3. The minimum Gasteiger partial charge on any atom is -0.481 e. The summed E-state index contributed by atoms with van der Waals surface area (Å²) in [5, 5.41) is 8.83. The maximum atomic E-state index is 13.9. The van der Waals surface area contributed by atoms with Gasteiger partial charge in [0.25, 0.3) is 0 Å². The van der Waals surface area contributed by atoms with Crippen molar-refractivity contribution in [3.63, 3.8) is 0 Å². The fourth-order valence-corrected chi connectivity index (χ4v) is 5.66. The lowest BCUT2D eigenvalue weighted by atomic mass is 9.83. The van der Waals surface area contributed by atoms with Crippen molar-refractivity contribution in [1.82, 2.24) is 15.0 Å². The highest BCUT2D eigenvalue weighted by atomic mass is 19.4. The van der Waals surface area contributed by atoms with Crippen LogP contribution in [-0.2, 0) is 34.5 Å². The number of nitrogens with zero attached hydrogens (tertiary/aromatic N) is 5. The molecule has 0 fully saturated rings. The van der Waals surface area contributed by atoms with Crippen LogP contribution in [0.25, 0.3) is 0 Å².